The van der Waals surface area contributed by atoms with Gasteiger partial charge in [-0.1, -0.05) is 0 Å². The summed E-state index contributed by atoms with van der Waals surface area (Å²) in [5.41, 5.74) is 1.96. The number of benzene rings is 1. The van der Waals surface area contributed by atoms with Crippen LogP contribution < -0.4 is 10.7 Å². The van der Waals surface area contributed by atoms with Crippen LogP contribution in [-0.4, -0.2) is 18.4 Å². The van der Waals surface area contributed by atoms with E-state index in [1.807, 2.05) is 0 Å². The van der Waals surface area contributed by atoms with Gasteiger partial charge in [-0.15, -0.1) is 0 Å². The van der Waals surface area contributed by atoms with E-state index in [1.54, 1.807) is 13.8 Å². The predicted molar refractivity (Wildman–Crippen MR) is 66.1 cm³/mol. The number of hydrogen-bond donors (Lipinski definition) is 0. The van der Waals surface area contributed by atoms with Gasteiger partial charge < -0.3 is 0 Å². The van der Waals surface area contributed by atoms with E-state index in [0.29, 0.717) is 27.5 Å². The van der Waals surface area contributed by atoms with Gasteiger partial charge in [0.1, 0.15) is 16.5 Å². The van der Waals surface area contributed by atoms with Crippen molar-refractivity contribution in [2.24, 2.45) is 0 Å². The molecule has 0 bridgehead atoms. The number of halogens is 1. The minimum absolute atomic E-state index is 0.274. The van der Waals surface area contributed by atoms with Gasteiger partial charge in [-0.25, -0.2) is 22.8 Å². The molecule has 0 spiro atoms. The van der Waals surface area contributed by atoms with E-state index in [1.165, 1.54) is 6.07 Å². The Morgan fingerprint density at radius 1 is 1.06 bits per heavy atom. The van der Waals surface area contributed by atoms with Crippen LogP contribution in [0, 0.1) is 19.7 Å². The van der Waals surface area contributed by atoms with Gasteiger partial charge in [-0.2, -0.15) is 0 Å². The lowest BCUT2D eigenvalue weighted by Crippen LogP contribution is -2.29. The largest absolute Gasteiger partial charge is 0.243 e. The molecule has 0 amide bonds. The van der Waals surface area contributed by atoms with Crippen LogP contribution >= 0.6 is 0 Å². The highest BCUT2D eigenvalue weighted by atomic mass is 32.2. The van der Waals surface area contributed by atoms with Gasteiger partial charge in [0.25, 0.3) is 0 Å². The number of hydrogen-bond acceptors (Lipinski definition) is 4. The molecule has 1 aliphatic heterocycles. The first-order chi connectivity index (χ1) is 8.37. The molecule has 0 saturated carbocycles. The average Bonchev–Trinajstić information content (AvgIpc) is 2.57. The van der Waals surface area contributed by atoms with Crippen LogP contribution in [0.4, 0.5) is 4.39 Å². The van der Waals surface area contributed by atoms with Gasteiger partial charge in [0, 0.05) is 5.56 Å². The normalized spacial score (nSPS) is 16.2. The van der Waals surface area contributed by atoms with E-state index in [0.717, 1.165) is 10.8 Å². The molecular formula is C12H9FN2O2S. The third-order valence-electron chi connectivity index (χ3n) is 2.93. The fourth-order valence-corrected chi connectivity index (χ4v) is 3.03. The van der Waals surface area contributed by atoms with Crippen molar-refractivity contribution in [3.63, 3.8) is 0 Å². The van der Waals surface area contributed by atoms with Crippen LogP contribution in [0.5, 0.6) is 0 Å². The van der Waals surface area contributed by atoms with Crippen LogP contribution in [0.3, 0.4) is 0 Å². The van der Waals surface area contributed by atoms with Gasteiger partial charge in [-0.3, -0.25) is 0 Å². The maximum absolute atomic E-state index is 13.6. The Morgan fingerprint density at radius 3 is 2.22 bits per heavy atom. The first-order valence-electron chi connectivity index (χ1n) is 5.29. The Labute approximate surface area is 102 Å². The van der Waals surface area contributed by atoms with Crippen LogP contribution in [0.1, 0.15) is 11.1 Å². The lowest BCUT2D eigenvalue weighted by molar-refractivity contribution is 0.617. The van der Waals surface area contributed by atoms with Crippen LogP contribution in [0.15, 0.2) is 6.07 Å². The molecule has 18 heavy (non-hydrogen) atoms. The zero-order chi connectivity index (χ0) is 13.1. The second-order valence-corrected chi connectivity index (χ2v) is 5.97. The molecule has 0 N–H and O–H groups in total. The van der Waals surface area contributed by atoms with Crippen molar-refractivity contribution in [3.8, 4) is 0 Å². The van der Waals surface area contributed by atoms with Crippen molar-refractivity contribution in [3.05, 3.63) is 33.7 Å². The zero-order valence-electron chi connectivity index (χ0n) is 9.73. The molecule has 1 aromatic carbocycles. The number of aryl methyl sites for hydroxylation is 2. The molecule has 3 rings (SSSR count). The topological polar surface area (TPSA) is 59.9 Å². The Bertz CT molecular complexity index is 917. The third kappa shape index (κ3) is 1.53. The summed E-state index contributed by atoms with van der Waals surface area (Å²) in [4.78, 5) is 8.46. The molecule has 2 aromatic rings. The van der Waals surface area contributed by atoms with E-state index >= 15 is 0 Å². The molecule has 0 radical (unpaired) electrons. The lowest BCUT2D eigenvalue weighted by atomic mass is 10.1. The molecule has 1 aliphatic rings. The SMILES string of the molecule is Cc1cc(F)c(C)c2nc3c(nc12)=CS(=O)(=O)C=3. The molecular weight excluding hydrogens is 255 g/mol. The molecule has 0 aliphatic carbocycles. The smallest absolute Gasteiger partial charge is 0.197 e. The summed E-state index contributed by atoms with van der Waals surface area (Å²) < 4.78 is 36.5. The summed E-state index contributed by atoms with van der Waals surface area (Å²) in [6, 6.07) is 1.38. The maximum Gasteiger partial charge on any atom is 0.197 e. The second-order valence-electron chi connectivity index (χ2n) is 4.32. The summed E-state index contributed by atoms with van der Waals surface area (Å²) in [7, 11) is -3.39. The summed E-state index contributed by atoms with van der Waals surface area (Å²) in [5.74, 6) is -0.362. The molecule has 0 atom stereocenters. The molecule has 92 valence electrons. The fraction of sp³-hybridized carbons (Fsp3) is 0.167. The molecule has 0 saturated heterocycles. The Hall–Kier alpha value is -1.82. The lowest BCUT2D eigenvalue weighted by Gasteiger charge is -2.04. The fourth-order valence-electron chi connectivity index (χ4n) is 2.00. The van der Waals surface area contributed by atoms with Crippen LogP contribution in [0.25, 0.3) is 21.8 Å². The number of rotatable bonds is 0. The monoisotopic (exact) mass is 264 g/mol. The van der Waals surface area contributed by atoms with E-state index in [-0.39, 0.29) is 11.2 Å². The van der Waals surface area contributed by atoms with E-state index in [9.17, 15) is 12.8 Å². The van der Waals surface area contributed by atoms with Gasteiger partial charge in [0.2, 0.25) is 0 Å². The highest BCUT2D eigenvalue weighted by molar-refractivity contribution is 8.05. The highest BCUT2D eigenvalue weighted by Gasteiger charge is 2.15. The minimum atomic E-state index is -3.39. The average molecular weight is 264 g/mol. The third-order valence-corrected chi connectivity index (χ3v) is 4.04. The van der Waals surface area contributed by atoms with E-state index in [4.69, 9.17) is 0 Å². The van der Waals surface area contributed by atoms with Gasteiger partial charge in [0.15, 0.2) is 9.84 Å². The number of fused-ring (bicyclic) bond motifs is 2. The van der Waals surface area contributed by atoms with Crippen molar-refractivity contribution in [1.29, 1.82) is 0 Å². The van der Waals surface area contributed by atoms with Crippen LogP contribution in [-0.2, 0) is 9.84 Å². The molecule has 0 fully saturated rings. The predicted octanol–water partition coefficient (Wildman–Crippen LogP) is 0.290. The summed E-state index contributed by atoms with van der Waals surface area (Å²) in [6.45, 7) is 3.32. The quantitative estimate of drug-likeness (QED) is 0.686. The van der Waals surface area contributed by atoms with E-state index in [2.05, 4.69) is 9.97 Å². The van der Waals surface area contributed by atoms with Crippen molar-refractivity contribution >= 4 is 31.7 Å². The van der Waals surface area contributed by atoms with Gasteiger partial charge in [-0.05, 0) is 25.5 Å². The Morgan fingerprint density at radius 2 is 1.61 bits per heavy atom. The number of nitrogens with zero attached hydrogens (tertiary/aromatic N) is 2. The van der Waals surface area contributed by atoms with Crippen LogP contribution in [0.2, 0.25) is 0 Å². The molecule has 4 nitrogen and oxygen atoms in total. The minimum Gasteiger partial charge on any atom is -0.243 e. The number of aromatic nitrogens is 2. The van der Waals surface area contributed by atoms with Crippen molar-refractivity contribution in [2.45, 2.75) is 13.8 Å². The Kier molecular flexibility index (Phi) is 2.10. The van der Waals surface area contributed by atoms with Gasteiger partial charge in [0.05, 0.1) is 21.8 Å². The van der Waals surface area contributed by atoms with Crippen molar-refractivity contribution in [1.82, 2.24) is 9.97 Å². The summed E-state index contributed by atoms with van der Waals surface area (Å²) >= 11 is 0. The summed E-state index contributed by atoms with van der Waals surface area (Å²) in [6.07, 6.45) is 0. The molecule has 2 heterocycles. The number of sulfone groups is 1. The van der Waals surface area contributed by atoms with Gasteiger partial charge >= 0.3 is 0 Å². The highest BCUT2D eigenvalue weighted by Crippen LogP contribution is 2.19. The first kappa shape index (κ1) is 11.3. The Balaban J connectivity index is 2.60. The van der Waals surface area contributed by atoms with Crippen molar-refractivity contribution < 1.29 is 12.8 Å². The molecule has 0 unspecified atom stereocenters. The molecule has 6 heteroatoms. The first-order valence-corrected chi connectivity index (χ1v) is 6.90. The molecule has 1 aromatic heterocycles. The summed E-state index contributed by atoms with van der Waals surface area (Å²) in [5, 5.41) is 2.72. The standard InChI is InChI=1S/C12H9FN2O2S/c1-6-3-8(13)7(2)12-11(6)14-9-4-18(16,17)5-10(9)15-12/h3-5H,1-2H3. The van der Waals surface area contributed by atoms with Crippen molar-refractivity contribution in [2.75, 3.05) is 0 Å². The van der Waals surface area contributed by atoms with E-state index < -0.39 is 9.84 Å². The zero-order valence-corrected chi connectivity index (χ0v) is 10.5. The second kappa shape index (κ2) is 3.35. The maximum atomic E-state index is 13.6.